The maximum Gasteiger partial charge on any atom is 0.313 e. The molecule has 1 heterocycles. The Hall–Kier alpha value is -1.96. The number of rotatable bonds is 9. The first-order chi connectivity index (χ1) is 13.1. The van der Waals surface area contributed by atoms with E-state index in [-0.39, 0.29) is 0 Å². The summed E-state index contributed by atoms with van der Waals surface area (Å²) >= 11 is 0. The number of nitrogens with one attached hydrogen (secondary N) is 2. The van der Waals surface area contributed by atoms with Gasteiger partial charge in [-0.25, -0.2) is 0 Å². The topological polar surface area (TPSA) is 73.9 Å². The van der Waals surface area contributed by atoms with Gasteiger partial charge < -0.3 is 15.4 Å². The average molecular weight is 377 g/mol. The highest BCUT2D eigenvalue weighted by Gasteiger charge is 2.14. The lowest BCUT2D eigenvalue weighted by Crippen LogP contribution is -2.39. The zero-order valence-electron chi connectivity index (χ0n) is 16.5. The lowest BCUT2D eigenvalue weighted by molar-refractivity contribution is -0.136. The third-order valence-electron chi connectivity index (χ3n) is 4.73. The fraction of sp³-hybridized carbons (Fsp3) is 0.600. The van der Waals surface area contributed by atoms with Crippen molar-refractivity contribution >= 4 is 17.5 Å². The van der Waals surface area contributed by atoms with Gasteiger partial charge in [0.1, 0.15) is 0 Å². The molecule has 27 heavy (non-hydrogen) atoms. The van der Waals surface area contributed by atoms with Crippen molar-refractivity contribution < 1.29 is 14.3 Å². The van der Waals surface area contributed by atoms with Crippen LogP contribution in [0.3, 0.4) is 0 Å². The highest BCUT2D eigenvalue weighted by atomic mass is 16.5. The number of morpholine rings is 1. The van der Waals surface area contributed by atoms with Gasteiger partial charge in [-0.1, -0.05) is 26.0 Å². The van der Waals surface area contributed by atoms with E-state index in [1.54, 1.807) is 6.07 Å². The fourth-order valence-electron chi connectivity index (χ4n) is 3.05. The first kappa shape index (κ1) is 21.3. The summed E-state index contributed by atoms with van der Waals surface area (Å²) in [7, 11) is 0. The fourth-order valence-corrected chi connectivity index (χ4v) is 3.05. The molecule has 1 aliphatic rings. The normalized spacial score (nSPS) is 14.9. The first-order valence-corrected chi connectivity index (χ1v) is 9.83. The smallest absolute Gasteiger partial charge is 0.313 e. The lowest BCUT2D eigenvalue weighted by atomic mass is 10.2. The molecule has 1 aliphatic heterocycles. The highest BCUT2D eigenvalue weighted by molar-refractivity contribution is 6.39. The molecule has 7 heteroatoms. The molecule has 0 spiro atoms. The molecule has 0 radical (unpaired) electrons. The number of hydrogen-bond donors (Lipinski definition) is 2. The van der Waals surface area contributed by atoms with Gasteiger partial charge in [0.15, 0.2) is 0 Å². The van der Waals surface area contributed by atoms with Crippen LogP contribution in [0, 0.1) is 0 Å². The van der Waals surface area contributed by atoms with Gasteiger partial charge in [-0.3, -0.25) is 19.4 Å². The van der Waals surface area contributed by atoms with Gasteiger partial charge in [0.25, 0.3) is 0 Å². The van der Waals surface area contributed by atoms with Crippen molar-refractivity contribution in [1.29, 1.82) is 0 Å². The quantitative estimate of drug-likeness (QED) is 0.502. The maximum absolute atomic E-state index is 12.1. The third kappa shape index (κ3) is 7.66. The minimum atomic E-state index is -0.624. The van der Waals surface area contributed by atoms with Gasteiger partial charge in [0.2, 0.25) is 0 Å². The van der Waals surface area contributed by atoms with Crippen LogP contribution in [0.2, 0.25) is 0 Å². The molecule has 1 fully saturated rings. The lowest BCUT2D eigenvalue weighted by Gasteiger charge is -2.26. The van der Waals surface area contributed by atoms with Gasteiger partial charge in [-0.2, -0.15) is 0 Å². The molecule has 2 amide bonds. The van der Waals surface area contributed by atoms with E-state index < -0.39 is 11.8 Å². The van der Waals surface area contributed by atoms with Crippen molar-refractivity contribution in [2.75, 3.05) is 57.8 Å². The van der Waals surface area contributed by atoms with Crippen LogP contribution in [0.25, 0.3) is 0 Å². The van der Waals surface area contributed by atoms with Crippen LogP contribution in [-0.4, -0.2) is 74.1 Å². The molecule has 0 unspecified atom stereocenters. The molecule has 0 aliphatic carbocycles. The van der Waals surface area contributed by atoms with E-state index in [2.05, 4.69) is 34.3 Å². The van der Waals surface area contributed by atoms with Crippen LogP contribution < -0.4 is 10.6 Å². The molecule has 2 rings (SSSR count). The summed E-state index contributed by atoms with van der Waals surface area (Å²) in [6.07, 6.45) is 0.818. The number of carbonyl (C=O) groups is 2. The first-order valence-electron chi connectivity index (χ1n) is 9.83. The van der Waals surface area contributed by atoms with E-state index in [1.807, 2.05) is 18.2 Å². The molecule has 1 aromatic rings. The van der Waals surface area contributed by atoms with Crippen molar-refractivity contribution in [2.24, 2.45) is 0 Å². The van der Waals surface area contributed by atoms with E-state index in [0.717, 1.165) is 64.5 Å². The van der Waals surface area contributed by atoms with Crippen molar-refractivity contribution in [3.8, 4) is 0 Å². The van der Waals surface area contributed by atoms with Gasteiger partial charge in [-0.05, 0) is 43.8 Å². The summed E-state index contributed by atoms with van der Waals surface area (Å²) in [5.74, 6) is -1.22. The van der Waals surface area contributed by atoms with Crippen LogP contribution in [-0.2, 0) is 20.9 Å². The van der Waals surface area contributed by atoms with E-state index in [4.69, 9.17) is 4.74 Å². The van der Waals surface area contributed by atoms with E-state index in [9.17, 15) is 9.59 Å². The summed E-state index contributed by atoms with van der Waals surface area (Å²) in [5.41, 5.74) is 1.76. The molecule has 7 nitrogen and oxygen atoms in total. The molecular formula is C20H32N4O3. The van der Waals surface area contributed by atoms with Crippen LogP contribution in [0.4, 0.5) is 5.69 Å². The molecule has 0 aromatic heterocycles. The molecule has 150 valence electrons. The molecule has 0 bridgehead atoms. The number of hydrogen-bond acceptors (Lipinski definition) is 5. The minimum absolute atomic E-state index is 0.492. The van der Waals surface area contributed by atoms with Crippen molar-refractivity contribution in [3.05, 3.63) is 29.8 Å². The van der Waals surface area contributed by atoms with Crippen LogP contribution in [0.15, 0.2) is 24.3 Å². The second-order valence-electron chi connectivity index (χ2n) is 6.68. The second kappa shape index (κ2) is 11.7. The average Bonchev–Trinajstić information content (AvgIpc) is 2.70. The monoisotopic (exact) mass is 376 g/mol. The largest absolute Gasteiger partial charge is 0.379 e. The standard InChI is InChI=1S/C20H32N4O3/c1-3-23(4-2)16-17-7-5-8-18(15-17)22-20(26)19(25)21-9-6-10-24-11-13-27-14-12-24/h5,7-8,15H,3-4,6,9-14,16H2,1-2H3,(H,21,25)(H,22,26). The minimum Gasteiger partial charge on any atom is -0.379 e. The van der Waals surface area contributed by atoms with E-state index in [0.29, 0.717) is 12.2 Å². The van der Waals surface area contributed by atoms with Gasteiger partial charge in [0.05, 0.1) is 13.2 Å². The Kier molecular flexibility index (Phi) is 9.24. The predicted octanol–water partition coefficient (Wildman–Crippen LogP) is 1.31. The van der Waals surface area contributed by atoms with E-state index >= 15 is 0 Å². The maximum atomic E-state index is 12.1. The SMILES string of the molecule is CCN(CC)Cc1cccc(NC(=O)C(=O)NCCCN2CCOCC2)c1. The van der Waals surface area contributed by atoms with Crippen molar-refractivity contribution in [3.63, 3.8) is 0 Å². The Balaban J connectivity index is 1.72. The molecule has 0 atom stereocenters. The van der Waals surface area contributed by atoms with Gasteiger partial charge >= 0.3 is 11.8 Å². The number of amides is 2. The Bertz CT molecular complexity index is 599. The molecule has 2 N–H and O–H groups in total. The molecule has 1 aromatic carbocycles. The number of carbonyl (C=O) groups excluding carboxylic acids is 2. The Morgan fingerprint density at radius 1 is 1.15 bits per heavy atom. The van der Waals surface area contributed by atoms with E-state index in [1.165, 1.54) is 0 Å². The summed E-state index contributed by atoms with van der Waals surface area (Å²) in [4.78, 5) is 28.7. The third-order valence-corrected chi connectivity index (χ3v) is 4.73. The summed E-state index contributed by atoms with van der Waals surface area (Å²) in [6.45, 7) is 11.8. The highest BCUT2D eigenvalue weighted by Crippen LogP contribution is 2.12. The summed E-state index contributed by atoms with van der Waals surface area (Å²) < 4.78 is 5.31. The molecule has 1 saturated heterocycles. The van der Waals surface area contributed by atoms with Crippen LogP contribution in [0.5, 0.6) is 0 Å². The summed E-state index contributed by atoms with van der Waals surface area (Å²) in [6, 6.07) is 7.64. The zero-order chi connectivity index (χ0) is 19.5. The Labute approximate surface area is 162 Å². The van der Waals surface area contributed by atoms with Crippen molar-refractivity contribution in [1.82, 2.24) is 15.1 Å². The predicted molar refractivity (Wildman–Crippen MR) is 107 cm³/mol. The molecule has 0 saturated carbocycles. The Morgan fingerprint density at radius 2 is 1.89 bits per heavy atom. The Morgan fingerprint density at radius 3 is 2.59 bits per heavy atom. The number of nitrogens with zero attached hydrogens (tertiary/aromatic N) is 2. The van der Waals surface area contributed by atoms with Gasteiger partial charge in [-0.15, -0.1) is 0 Å². The van der Waals surface area contributed by atoms with Gasteiger partial charge in [0, 0.05) is 31.9 Å². The molecular weight excluding hydrogens is 344 g/mol. The number of anilines is 1. The van der Waals surface area contributed by atoms with Crippen LogP contribution in [0.1, 0.15) is 25.8 Å². The summed E-state index contributed by atoms with van der Waals surface area (Å²) in [5, 5.41) is 5.38. The number of benzene rings is 1. The van der Waals surface area contributed by atoms with Crippen LogP contribution >= 0.6 is 0 Å². The van der Waals surface area contributed by atoms with Crippen molar-refractivity contribution in [2.45, 2.75) is 26.8 Å². The second-order valence-corrected chi connectivity index (χ2v) is 6.68. The zero-order valence-corrected chi connectivity index (χ0v) is 16.5. The number of ether oxygens (including phenoxy) is 1.